The van der Waals surface area contributed by atoms with Crippen molar-refractivity contribution < 1.29 is 13.9 Å². The van der Waals surface area contributed by atoms with Gasteiger partial charge in [0.15, 0.2) is 6.86 Å². The van der Waals surface area contributed by atoms with Crippen LogP contribution in [0.5, 0.6) is 0 Å². The number of hydrogen-bond donors (Lipinski definition) is 3. The lowest BCUT2D eigenvalue weighted by molar-refractivity contribution is 0.0706. The number of aliphatic imine (C=N–C) groups is 1. The van der Waals surface area contributed by atoms with Crippen molar-refractivity contribution in [1.82, 2.24) is 0 Å². The Hall–Kier alpha value is -2.64. The van der Waals surface area contributed by atoms with Crippen LogP contribution in [0.3, 0.4) is 0 Å². The zero-order chi connectivity index (χ0) is 20.1. The van der Waals surface area contributed by atoms with Gasteiger partial charge in [-0.25, -0.2) is 4.39 Å². The van der Waals surface area contributed by atoms with E-state index < -0.39 is 6.86 Å². The zero-order valence-corrected chi connectivity index (χ0v) is 16.2. The number of aryl methyl sites for hydroxylation is 2. The fourth-order valence-electron chi connectivity index (χ4n) is 2.05. The number of alkyl halides is 1. The summed E-state index contributed by atoms with van der Waals surface area (Å²) in [5.41, 5.74) is 11.3. The highest BCUT2D eigenvalue weighted by atomic mass is 19.1. The molecule has 0 atom stereocenters. The Labute approximate surface area is 160 Å². The second-order valence-electron chi connectivity index (χ2n) is 5.68. The average molecular weight is 376 g/mol. The van der Waals surface area contributed by atoms with E-state index in [2.05, 4.69) is 27.1 Å². The standard InChI is InChI=1S/C11H16N2O.C9H13FN2O/c1-4-14-8-13-10-6-5-9(2)11(7-10)12-3;1-7-2-3-8(4-9(7)11)12-6-13-5-10/h5-7,13H,3-4,8H2,1-2H3;2-4,12H,5-6,11H2,1H3. The molecule has 0 fully saturated rings. The van der Waals surface area contributed by atoms with E-state index in [4.69, 9.17) is 10.5 Å². The Morgan fingerprint density at radius 2 is 1.59 bits per heavy atom. The maximum absolute atomic E-state index is 11.6. The van der Waals surface area contributed by atoms with Crippen molar-refractivity contribution in [2.75, 3.05) is 43.3 Å². The van der Waals surface area contributed by atoms with Crippen LogP contribution in [0.15, 0.2) is 41.4 Å². The summed E-state index contributed by atoms with van der Waals surface area (Å²) in [7, 11) is 0. The molecule has 0 radical (unpaired) electrons. The molecule has 7 heteroatoms. The third-order valence-corrected chi connectivity index (χ3v) is 3.70. The molecule has 2 rings (SSSR count). The van der Waals surface area contributed by atoms with Crippen LogP contribution in [-0.2, 0) is 9.47 Å². The Kier molecular flexibility index (Phi) is 10.5. The topological polar surface area (TPSA) is 80.9 Å². The largest absolute Gasteiger partial charge is 0.398 e. The predicted molar refractivity (Wildman–Crippen MR) is 112 cm³/mol. The van der Waals surface area contributed by atoms with Crippen LogP contribution in [0.1, 0.15) is 18.1 Å². The molecule has 0 aliphatic carbocycles. The first-order valence-electron chi connectivity index (χ1n) is 8.64. The molecule has 0 spiro atoms. The van der Waals surface area contributed by atoms with Crippen molar-refractivity contribution in [1.29, 1.82) is 0 Å². The van der Waals surface area contributed by atoms with Crippen LogP contribution in [0.4, 0.5) is 27.1 Å². The molecular formula is C20H29FN4O2. The number of halogens is 1. The summed E-state index contributed by atoms with van der Waals surface area (Å²) in [6.45, 7) is 10.0. The number of anilines is 3. The van der Waals surface area contributed by atoms with Gasteiger partial charge in [-0.1, -0.05) is 12.1 Å². The molecule has 27 heavy (non-hydrogen) atoms. The van der Waals surface area contributed by atoms with Crippen LogP contribution < -0.4 is 16.4 Å². The first kappa shape index (κ1) is 22.4. The Balaban J connectivity index is 0.000000271. The molecule has 0 saturated heterocycles. The Morgan fingerprint density at radius 3 is 2.15 bits per heavy atom. The molecule has 0 amide bonds. The second-order valence-corrected chi connectivity index (χ2v) is 5.68. The molecular weight excluding hydrogens is 347 g/mol. The maximum atomic E-state index is 11.6. The minimum Gasteiger partial charge on any atom is -0.398 e. The molecule has 6 nitrogen and oxygen atoms in total. The molecule has 2 aromatic rings. The first-order chi connectivity index (χ1) is 13.0. The van der Waals surface area contributed by atoms with Crippen LogP contribution in [0.25, 0.3) is 0 Å². The van der Waals surface area contributed by atoms with Crippen molar-refractivity contribution >= 4 is 29.5 Å². The van der Waals surface area contributed by atoms with E-state index in [9.17, 15) is 4.39 Å². The minimum atomic E-state index is -0.783. The molecule has 2 aromatic carbocycles. The first-order valence-corrected chi connectivity index (χ1v) is 8.64. The van der Waals surface area contributed by atoms with Crippen molar-refractivity contribution in [2.24, 2.45) is 4.99 Å². The van der Waals surface area contributed by atoms with Gasteiger partial charge >= 0.3 is 0 Å². The summed E-state index contributed by atoms with van der Waals surface area (Å²) in [4.78, 5) is 3.93. The zero-order valence-electron chi connectivity index (χ0n) is 16.2. The SMILES string of the molecule is C=Nc1cc(NCOCC)ccc1C.Cc1ccc(NCOCF)cc1N. The van der Waals surface area contributed by atoms with Gasteiger partial charge in [0.1, 0.15) is 13.5 Å². The Morgan fingerprint density at radius 1 is 1.00 bits per heavy atom. The summed E-state index contributed by atoms with van der Waals surface area (Å²) >= 11 is 0. The summed E-state index contributed by atoms with van der Waals surface area (Å²) < 4.78 is 21.2. The van der Waals surface area contributed by atoms with Gasteiger partial charge in [0, 0.05) is 23.7 Å². The van der Waals surface area contributed by atoms with Gasteiger partial charge in [0.25, 0.3) is 0 Å². The monoisotopic (exact) mass is 376 g/mol. The highest BCUT2D eigenvalue weighted by Crippen LogP contribution is 2.22. The smallest absolute Gasteiger partial charge is 0.190 e. The van der Waals surface area contributed by atoms with Gasteiger partial charge in [-0.05, 0) is 62.9 Å². The number of nitrogens with zero attached hydrogens (tertiary/aromatic N) is 1. The molecule has 0 heterocycles. The van der Waals surface area contributed by atoms with E-state index in [-0.39, 0.29) is 6.73 Å². The van der Waals surface area contributed by atoms with E-state index >= 15 is 0 Å². The van der Waals surface area contributed by atoms with Crippen LogP contribution in [0, 0.1) is 13.8 Å². The average Bonchev–Trinajstić information content (AvgIpc) is 2.67. The van der Waals surface area contributed by atoms with Crippen molar-refractivity contribution in [3.63, 3.8) is 0 Å². The number of nitrogen functional groups attached to an aromatic ring is 1. The third kappa shape index (κ3) is 8.52. The van der Waals surface area contributed by atoms with Crippen molar-refractivity contribution in [3.05, 3.63) is 47.5 Å². The summed E-state index contributed by atoms with van der Waals surface area (Å²) in [5.74, 6) is 0. The quantitative estimate of drug-likeness (QED) is 0.257. The number of hydrogen-bond acceptors (Lipinski definition) is 6. The highest BCUT2D eigenvalue weighted by molar-refractivity contribution is 5.60. The van der Waals surface area contributed by atoms with Gasteiger partial charge in [-0.15, -0.1) is 0 Å². The lowest BCUT2D eigenvalue weighted by Gasteiger charge is -2.07. The van der Waals surface area contributed by atoms with Gasteiger partial charge < -0.3 is 25.8 Å². The van der Waals surface area contributed by atoms with E-state index in [1.54, 1.807) is 6.07 Å². The van der Waals surface area contributed by atoms with Gasteiger partial charge in [-0.3, -0.25) is 4.99 Å². The summed E-state index contributed by atoms with van der Waals surface area (Å²) in [6, 6.07) is 11.5. The predicted octanol–water partition coefficient (Wildman–Crippen LogP) is 4.62. The number of benzene rings is 2. The molecule has 0 aliphatic rings. The van der Waals surface area contributed by atoms with E-state index in [1.807, 2.05) is 51.1 Å². The van der Waals surface area contributed by atoms with Crippen LogP contribution in [-0.4, -0.2) is 33.6 Å². The van der Waals surface area contributed by atoms with Gasteiger partial charge in [-0.2, -0.15) is 0 Å². The van der Waals surface area contributed by atoms with Gasteiger partial charge in [0.05, 0.1) is 5.69 Å². The highest BCUT2D eigenvalue weighted by Gasteiger charge is 1.97. The normalized spacial score (nSPS) is 9.93. The van der Waals surface area contributed by atoms with Crippen LogP contribution in [0.2, 0.25) is 0 Å². The summed E-state index contributed by atoms with van der Waals surface area (Å²) in [6.07, 6.45) is 0. The Bertz CT molecular complexity index is 710. The molecule has 0 bridgehead atoms. The van der Waals surface area contributed by atoms with E-state index in [0.29, 0.717) is 19.0 Å². The molecule has 0 saturated carbocycles. The number of nitrogens with two attached hydrogens (primary N) is 1. The molecule has 0 aliphatic heterocycles. The summed E-state index contributed by atoms with van der Waals surface area (Å²) in [5, 5.41) is 6.01. The number of nitrogens with one attached hydrogen (secondary N) is 2. The minimum absolute atomic E-state index is 0.152. The van der Waals surface area contributed by atoms with E-state index in [0.717, 1.165) is 28.2 Å². The van der Waals surface area contributed by atoms with E-state index in [1.165, 1.54) is 0 Å². The third-order valence-electron chi connectivity index (χ3n) is 3.70. The lowest BCUT2D eigenvalue weighted by Crippen LogP contribution is -2.05. The lowest BCUT2D eigenvalue weighted by atomic mass is 10.2. The molecule has 0 aromatic heterocycles. The fraction of sp³-hybridized carbons (Fsp3) is 0.350. The van der Waals surface area contributed by atoms with Crippen molar-refractivity contribution in [3.8, 4) is 0 Å². The molecule has 4 N–H and O–H groups in total. The second kappa shape index (κ2) is 12.7. The van der Waals surface area contributed by atoms with Crippen molar-refractivity contribution in [2.45, 2.75) is 20.8 Å². The number of ether oxygens (including phenoxy) is 2. The fourth-order valence-corrected chi connectivity index (χ4v) is 2.05. The van der Waals surface area contributed by atoms with Crippen LogP contribution >= 0.6 is 0 Å². The molecule has 148 valence electrons. The maximum Gasteiger partial charge on any atom is 0.190 e. The number of rotatable bonds is 9. The van der Waals surface area contributed by atoms with Gasteiger partial charge in [0.2, 0.25) is 0 Å². The molecule has 0 unspecified atom stereocenters.